The third kappa shape index (κ3) is 5.35. The Morgan fingerprint density at radius 2 is 1.55 bits per heavy atom. The second kappa shape index (κ2) is 9.27. The van der Waals surface area contributed by atoms with Gasteiger partial charge in [0.05, 0.1) is 12.9 Å². The predicted octanol–water partition coefficient (Wildman–Crippen LogP) is 6.02. The molecule has 0 heterocycles. The van der Waals surface area contributed by atoms with Gasteiger partial charge in [-0.3, -0.25) is 0 Å². The number of ether oxygens (including phenoxy) is 1. The Hall–Kier alpha value is -0.703. The minimum atomic E-state index is -1.82. The lowest BCUT2D eigenvalue weighted by atomic mass is 10.4. The van der Waals surface area contributed by atoms with E-state index >= 15 is 0 Å². The van der Waals surface area contributed by atoms with E-state index in [2.05, 4.69) is 55.0 Å². The highest BCUT2D eigenvalue weighted by Gasteiger charge is 2.46. The first-order valence-electron chi connectivity index (χ1n) is 7.95. The number of allylic oxidation sites excluding steroid dienone is 1. The Balaban J connectivity index is 4.66. The lowest BCUT2D eigenvalue weighted by Gasteiger charge is -2.41. The van der Waals surface area contributed by atoms with E-state index in [4.69, 9.17) is 9.16 Å². The first kappa shape index (κ1) is 19.3. The smallest absolute Gasteiger partial charge is 0.257 e. The molecule has 20 heavy (non-hydrogen) atoms. The van der Waals surface area contributed by atoms with Crippen molar-refractivity contribution < 1.29 is 9.16 Å². The topological polar surface area (TPSA) is 18.5 Å². The SMILES string of the molecule is C=C(C=CO[Si](C(C)C)(C(C)C)C(C)C)OCCCC. The summed E-state index contributed by atoms with van der Waals surface area (Å²) >= 11 is 0. The molecule has 0 aromatic heterocycles. The summed E-state index contributed by atoms with van der Waals surface area (Å²) in [6.45, 7) is 20.5. The van der Waals surface area contributed by atoms with Crippen LogP contribution in [0.25, 0.3) is 0 Å². The Labute approximate surface area is 127 Å². The molecular weight excluding hydrogens is 264 g/mol. The van der Waals surface area contributed by atoms with Crippen LogP contribution in [0, 0.1) is 0 Å². The molecule has 3 heteroatoms. The zero-order valence-electron chi connectivity index (χ0n) is 14.5. The van der Waals surface area contributed by atoms with Gasteiger partial charge < -0.3 is 9.16 Å². The second-order valence-electron chi connectivity index (χ2n) is 6.41. The van der Waals surface area contributed by atoms with Gasteiger partial charge in [-0.15, -0.1) is 0 Å². The molecule has 0 atom stereocenters. The van der Waals surface area contributed by atoms with Crippen LogP contribution in [0.3, 0.4) is 0 Å². The lowest BCUT2D eigenvalue weighted by Crippen LogP contribution is -2.46. The number of unbranched alkanes of at least 4 members (excludes halogenated alkanes) is 1. The van der Waals surface area contributed by atoms with E-state index in [0.29, 0.717) is 22.4 Å². The van der Waals surface area contributed by atoms with Gasteiger partial charge in [-0.1, -0.05) is 61.5 Å². The minimum Gasteiger partial charge on any atom is -0.548 e. The van der Waals surface area contributed by atoms with Crippen molar-refractivity contribution in [3.8, 4) is 0 Å². The minimum absolute atomic E-state index is 0.585. The number of hydrogen-bond acceptors (Lipinski definition) is 2. The maximum Gasteiger partial charge on any atom is 0.257 e. The fourth-order valence-corrected chi connectivity index (χ4v) is 8.15. The highest BCUT2D eigenvalue weighted by molar-refractivity contribution is 6.77. The molecule has 0 aromatic carbocycles. The zero-order chi connectivity index (χ0) is 15.8. The average molecular weight is 299 g/mol. The molecule has 0 saturated heterocycles. The van der Waals surface area contributed by atoms with Gasteiger partial charge in [0, 0.05) is 6.08 Å². The van der Waals surface area contributed by atoms with Crippen molar-refractivity contribution in [1.29, 1.82) is 0 Å². The Morgan fingerprint density at radius 3 is 1.95 bits per heavy atom. The molecule has 0 spiro atoms. The third-order valence-electron chi connectivity index (χ3n) is 4.02. The molecule has 0 N–H and O–H groups in total. The second-order valence-corrected chi connectivity index (χ2v) is 11.8. The maximum atomic E-state index is 6.31. The van der Waals surface area contributed by atoms with Gasteiger partial charge >= 0.3 is 0 Å². The summed E-state index contributed by atoms with van der Waals surface area (Å²) in [5.74, 6) is 0.692. The molecule has 0 aliphatic carbocycles. The van der Waals surface area contributed by atoms with E-state index in [1.54, 1.807) is 0 Å². The molecular formula is C17H34O2Si. The Bertz CT molecular complexity index is 284. The van der Waals surface area contributed by atoms with Crippen molar-refractivity contribution in [3.05, 3.63) is 24.7 Å². The third-order valence-corrected chi connectivity index (χ3v) is 9.98. The van der Waals surface area contributed by atoms with E-state index in [1.807, 2.05) is 12.3 Å². The highest BCUT2D eigenvalue weighted by Crippen LogP contribution is 2.42. The molecule has 0 aliphatic heterocycles. The molecule has 0 aromatic rings. The first-order chi connectivity index (χ1) is 9.28. The summed E-state index contributed by atoms with van der Waals surface area (Å²) in [4.78, 5) is 0. The molecule has 2 nitrogen and oxygen atoms in total. The molecule has 0 amide bonds. The van der Waals surface area contributed by atoms with Crippen LogP contribution in [-0.4, -0.2) is 14.9 Å². The predicted molar refractivity (Wildman–Crippen MR) is 91.3 cm³/mol. The van der Waals surface area contributed by atoms with Gasteiger partial charge in [-0.05, 0) is 23.0 Å². The standard InChI is InChI=1S/C17H34O2Si/c1-9-10-12-18-17(8)11-13-19-20(14(2)3,15(4)5)16(6)7/h11,13-16H,8-10,12H2,1-7H3. The molecule has 118 valence electrons. The van der Waals surface area contributed by atoms with Crippen LogP contribution in [0.4, 0.5) is 0 Å². The van der Waals surface area contributed by atoms with Gasteiger partial charge in [0.2, 0.25) is 0 Å². The number of rotatable bonds is 10. The van der Waals surface area contributed by atoms with E-state index in [0.717, 1.165) is 19.4 Å². The molecule has 0 fully saturated rings. The summed E-state index contributed by atoms with van der Waals surface area (Å²) in [5.41, 5.74) is 1.75. The van der Waals surface area contributed by atoms with Crippen molar-refractivity contribution in [2.24, 2.45) is 0 Å². The lowest BCUT2D eigenvalue weighted by molar-refractivity contribution is 0.219. The first-order valence-corrected chi connectivity index (χ1v) is 10.1. The molecule has 0 rings (SSSR count). The Kier molecular flexibility index (Phi) is 8.95. The van der Waals surface area contributed by atoms with Crippen molar-refractivity contribution in [2.45, 2.75) is 77.9 Å². The quantitative estimate of drug-likeness (QED) is 0.212. The maximum absolute atomic E-state index is 6.31. The van der Waals surface area contributed by atoms with Crippen LogP contribution in [-0.2, 0) is 9.16 Å². The van der Waals surface area contributed by atoms with Crippen molar-refractivity contribution in [3.63, 3.8) is 0 Å². The molecule has 0 aliphatic rings. The van der Waals surface area contributed by atoms with Gasteiger partial charge in [-0.2, -0.15) is 0 Å². The van der Waals surface area contributed by atoms with Gasteiger partial charge in [0.25, 0.3) is 8.32 Å². The van der Waals surface area contributed by atoms with E-state index < -0.39 is 8.32 Å². The van der Waals surface area contributed by atoms with E-state index in [-0.39, 0.29) is 0 Å². The van der Waals surface area contributed by atoms with Crippen molar-refractivity contribution in [2.75, 3.05) is 6.61 Å². The molecule has 0 saturated carbocycles. The van der Waals surface area contributed by atoms with E-state index in [1.165, 1.54) is 0 Å². The molecule has 0 unspecified atom stereocenters. The number of hydrogen-bond donors (Lipinski definition) is 0. The molecule has 0 bridgehead atoms. The summed E-state index contributed by atoms with van der Waals surface area (Å²) in [6, 6.07) is 0. The summed E-state index contributed by atoms with van der Waals surface area (Å²) in [7, 11) is -1.82. The summed E-state index contributed by atoms with van der Waals surface area (Å²) in [5, 5.41) is 0. The van der Waals surface area contributed by atoms with Crippen LogP contribution >= 0.6 is 0 Å². The van der Waals surface area contributed by atoms with Gasteiger partial charge in [-0.25, -0.2) is 0 Å². The largest absolute Gasteiger partial charge is 0.548 e. The van der Waals surface area contributed by atoms with Crippen LogP contribution < -0.4 is 0 Å². The fourth-order valence-electron chi connectivity index (χ4n) is 3.03. The van der Waals surface area contributed by atoms with Crippen molar-refractivity contribution >= 4 is 8.32 Å². The Morgan fingerprint density at radius 1 is 1.05 bits per heavy atom. The van der Waals surface area contributed by atoms with Crippen LogP contribution in [0.5, 0.6) is 0 Å². The van der Waals surface area contributed by atoms with Gasteiger partial charge in [0.1, 0.15) is 5.76 Å². The zero-order valence-corrected chi connectivity index (χ0v) is 15.5. The van der Waals surface area contributed by atoms with E-state index in [9.17, 15) is 0 Å². The summed E-state index contributed by atoms with van der Waals surface area (Å²) in [6.07, 6.45) is 5.89. The van der Waals surface area contributed by atoms with Gasteiger partial charge in [0.15, 0.2) is 0 Å². The normalized spacial score (nSPS) is 12.7. The van der Waals surface area contributed by atoms with Crippen molar-refractivity contribution in [1.82, 2.24) is 0 Å². The monoisotopic (exact) mass is 298 g/mol. The fraction of sp³-hybridized carbons (Fsp3) is 0.765. The molecule has 0 radical (unpaired) electrons. The van der Waals surface area contributed by atoms with Crippen LogP contribution in [0.2, 0.25) is 16.6 Å². The van der Waals surface area contributed by atoms with Crippen LogP contribution in [0.1, 0.15) is 61.3 Å². The van der Waals surface area contributed by atoms with Crippen LogP contribution in [0.15, 0.2) is 24.7 Å². The highest BCUT2D eigenvalue weighted by atomic mass is 28.4. The average Bonchev–Trinajstić information content (AvgIpc) is 2.33. The summed E-state index contributed by atoms with van der Waals surface area (Å²) < 4.78 is 11.8.